The predicted molar refractivity (Wildman–Crippen MR) is 118 cm³/mol. The number of para-hydroxylation sites is 1. The second kappa shape index (κ2) is 9.35. The number of nitrogens with zero attached hydrogens (tertiary/aromatic N) is 2. The molecule has 1 unspecified atom stereocenters. The standard InChI is InChI=1S/C23H27N5O2/c1-14(2)20(21(24)29)28-22-17-11-7-8-12-18(17)26-19(27-22)13-25-23(30)15(3)16-9-5-4-6-10-16/h4-12,14-15,20H,13H2,1-3H3,(H2,24,29)(H,25,30)(H,26,27,28)/t15?,20-/m0/s1. The summed E-state index contributed by atoms with van der Waals surface area (Å²) in [6, 6.07) is 16.5. The zero-order valence-corrected chi connectivity index (χ0v) is 17.4. The number of hydrogen-bond donors (Lipinski definition) is 3. The van der Waals surface area contributed by atoms with Crippen LogP contribution >= 0.6 is 0 Å². The number of fused-ring (bicyclic) bond motifs is 1. The maximum absolute atomic E-state index is 12.6. The third-order valence-electron chi connectivity index (χ3n) is 5.03. The minimum atomic E-state index is -0.566. The molecule has 2 atom stereocenters. The van der Waals surface area contributed by atoms with Gasteiger partial charge in [0.05, 0.1) is 18.0 Å². The van der Waals surface area contributed by atoms with Gasteiger partial charge in [0.15, 0.2) is 5.82 Å². The molecule has 0 saturated heterocycles. The molecular formula is C23H27N5O2. The van der Waals surface area contributed by atoms with Crippen LogP contribution in [-0.2, 0) is 16.1 Å². The van der Waals surface area contributed by atoms with Gasteiger partial charge in [-0.1, -0.05) is 56.3 Å². The van der Waals surface area contributed by atoms with Gasteiger partial charge in [0.1, 0.15) is 11.9 Å². The number of carbonyl (C=O) groups is 2. The van der Waals surface area contributed by atoms with E-state index in [0.29, 0.717) is 11.6 Å². The summed E-state index contributed by atoms with van der Waals surface area (Å²) in [5.41, 5.74) is 7.22. The molecule has 3 aromatic rings. The molecule has 2 aromatic carbocycles. The lowest BCUT2D eigenvalue weighted by Crippen LogP contribution is -2.40. The van der Waals surface area contributed by atoms with Crippen LogP contribution in [0.2, 0.25) is 0 Å². The van der Waals surface area contributed by atoms with E-state index in [2.05, 4.69) is 20.6 Å². The van der Waals surface area contributed by atoms with E-state index in [-0.39, 0.29) is 24.3 Å². The highest BCUT2D eigenvalue weighted by Crippen LogP contribution is 2.22. The van der Waals surface area contributed by atoms with Gasteiger partial charge in [-0.25, -0.2) is 9.97 Å². The van der Waals surface area contributed by atoms with Crippen LogP contribution in [0.25, 0.3) is 10.9 Å². The SMILES string of the molecule is CC(C(=O)NCc1nc(N[C@H](C(N)=O)C(C)C)c2ccccc2n1)c1ccccc1. The fraction of sp³-hybridized carbons (Fsp3) is 0.304. The van der Waals surface area contributed by atoms with E-state index in [9.17, 15) is 9.59 Å². The van der Waals surface area contributed by atoms with Gasteiger partial charge in [0, 0.05) is 5.39 Å². The van der Waals surface area contributed by atoms with Crippen molar-refractivity contribution >= 4 is 28.5 Å². The Hall–Kier alpha value is -3.48. The highest BCUT2D eigenvalue weighted by atomic mass is 16.2. The van der Waals surface area contributed by atoms with E-state index in [1.807, 2.05) is 75.4 Å². The summed E-state index contributed by atoms with van der Waals surface area (Å²) in [4.78, 5) is 33.5. The van der Waals surface area contributed by atoms with Crippen LogP contribution in [0.15, 0.2) is 54.6 Å². The number of nitrogens with two attached hydrogens (primary N) is 1. The zero-order chi connectivity index (χ0) is 21.7. The molecule has 4 N–H and O–H groups in total. The highest BCUT2D eigenvalue weighted by Gasteiger charge is 2.21. The predicted octanol–water partition coefficient (Wildman–Crippen LogP) is 2.97. The molecule has 156 valence electrons. The quantitative estimate of drug-likeness (QED) is 0.534. The largest absolute Gasteiger partial charge is 0.368 e. The summed E-state index contributed by atoms with van der Waals surface area (Å²) < 4.78 is 0. The Labute approximate surface area is 176 Å². The summed E-state index contributed by atoms with van der Waals surface area (Å²) in [6.07, 6.45) is 0. The molecule has 30 heavy (non-hydrogen) atoms. The molecule has 0 aliphatic carbocycles. The summed E-state index contributed by atoms with van der Waals surface area (Å²) in [7, 11) is 0. The van der Waals surface area contributed by atoms with Crippen LogP contribution < -0.4 is 16.4 Å². The van der Waals surface area contributed by atoms with Gasteiger partial charge in [-0.2, -0.15) is 0 Å². The number of hydrogen-bond acceptors (Lipinski definition) is 5. The van der Waals surface area contributed by atoms with Gasteiger partial charge in [0.25, 0.3) is 0 Å². The lowest BCUT2D eigenvalue weighted by Gasteiger charge is -2.21. The van der Waals surface area contributed by atoms with E-state index in [1.165, 1.54) is 0 Å². The molecule has 2 amide bonds. The smallest absolute Gasteiger partial charge is 0.240 e. The minimum absolute atomic E-state index is 0.00824. The molecule has 7 heteroatoms. The minimum Gasteiger partial charge on any atom is -0.368 e. The molecule has 0 fully saturated rings. The summed E-state index contributed by atoms with van der Waals surface area (Å²) in [5.74, 6) is 0.134. The fourth-order valence-corrected chi connectivity index (χ4v) is 3.24. The van der Waals surface area contributed by atoms with Crippen LogP contribution in [0.1, 0.15) is 38.1 Å². The molecule has 3 rings (SSSR count). The summed E-state index contributed by atoms with van der Waals surface area (Å²) >= 11 is 0. The van der Waals surface area contributed by atoms with Crippen molar-refractivity contribution in [2.45, 2.75) is 39.3 Å². The first-order valence-electron chi connectivity index (χ1n) is 10.0. The third kappa shape index (κ3) is 4.92. The van der Waals surface area contributed by atoms with Gasteiger partial charge in [-0.15, -0.1) is 0 Å². The van der Waals surface area contributed by atoms with Gasteiger partial charge >= 0.3 is 0 Å². The van der Waals surface area contributed by atoms with Crippen molar-refractivity contribution in [3.05, 3.63) is 66.0 Å². The first kappa shape index (κ1) is 21.2. The average molecular weight is 406 g/mol. The van der Waals surface area contributed by atoms with E-state index in [0.717, 1.165) is 16.5 Å². The Morgan fingerprint density at radius 3 is 2.30 bits per heavy atom. The number of nitrogens with one attached hydrogen (secondary N) is 2. The Kier molecular flexibility index (Phi) is 6.61. The molecule has 0 spiro atoms. The van der Waals surface area contributed by atoms with Gasteiger partial charge in [-0.05, 0) is 30.5 Å². The number of carbonyl (C=O) groups excluding carboxylic acids is 2. The molecule has 0 radical (unpaired) electrons. The third-order valence-corrected chi connectivity index (χ3v) is 5.03. The van der Waals surface area contributed by atoms with Crippen molar-refractivity contribution in [2.75, 3.05) is 5.32 Å². The second-order valence-corrected chi connectivity index (χ2v) is 7.62. The Balaban J connectivity index is 1.82. The zero-order valence-electron chi connectivity index (χ0n) is 17.4. The number of anilines is 1. The van der Waals surface area contributed by atoms with Crippen molar-refractivity contribution in [3.63, 3.8) is 0 Å². The normalized spacial score (nSPS) is 13.1. The number of amides is 2. The van der Waals surface area contributed by atoms with Crippen LogP contribution in [0.3, 0.4) is 0 Å². The van der Waals surface area contributed by atoms with Crippen molar-refractivity contribution < 1.29 is 9.59 Å². The summed E-state index contributed by atoms with van der Waals surface area (Å²) in [5, 5.41) is 6.85. The van der Waals surface area contributed by atoms with Crippen LogP contribution in [0.4, 0.5) is 5.82 Å². The number of benzene rings is 2. The molecule has 1 heterocycles. The van der Waals surface area contributed by atoms with Crippen molar-refractivity contribution in [3.8, 4) is 0 Å². The highest BCUT2D eigenvalue weighted by molar-refractivity contribution is 5.92. The maximum Gasteiger partial charge on any atom is 0.240 e. The fourth-order valence-electron chi connectivity index (χ4n) is 3.24. The Bertz CT molecular complexity index is 1040. The van der Waals surface area contributed by atoms with Crippen molar-refractivity contribution in [1.82, 2.24) is 15.3 Å². The molecule has 0 aliphatic rings. The molecule has 0 saturated carbocycles. The van der Waals surface area contributed by atoms with E-state index in [4.69, 9.17) is 5.73 Å². The molecule has 0 bridgehead atoms. The molecule has 0 aliphatic heterocycles. The maximum atomic E-state index is 12.6. The van der Waals surface area contributed by atoms with Crippen LogP contribution in [-0.4, -0.2) is 27.8 Å². The van der Waals surface area contributed by atoms with Gasteiger partial charge in [-0.3, -0.25) is 9.59 Å². The Morgan fingerprint density at radius 1 is 0.967 bits per heavy atom. The number of primary amides is 1. The first-order valence-corrected chi connectivity index (χ1v) is 10.0. The molecule has 7 nitrogen and oxygen atoms in total. The number of rotatable bonds is 8. The molecule has 1 aromatic heterocycles. The second-order valence-electron chi connectivity index (χ2n) is 7.62. The van der Waals surface area contributed by atoms with Crippen LogP contribution in [0, 0.1) is 5.92 Å². The number of aromatic nitrogens is 2. The Morgan fingerprint density at radius 2 is 1.63 bits per heavy atom. The van der Waals surface area contributed by atoms with E-state index in [1.54, 1.807) is 0 Å². The average Bonchev–Trinajstić information content (AvgIpc) is 2.75. The van der Waals surface area contributed by atoms with Gasteiger partial charge in [0.2, 0.25) is 11.8 Å². The topological polar surface area (TPSA) is 110 Å². The van der Waals surface area contributed by atoms with E-state index < -0.39 is 11.9 Å². The molecular weight excluding hydrogens is 378 g/mol. The summed E-state index contributed by atoms with van der Waals surface area (Å²) in [6.45, 7) is 5.87. The van der Waals surface area contributed by atoms with Crippen LogP contribution in [0.5, 0.6) is 0 Å². The van der Waals surface area contributed by atoms with Crippen molar-refractivity contribution in [2.24, 2.45) is 11.7 Å². The monoisotopic (exact) mass is 405 g/mol. The van der Waals surface area contributed by atoms with E-state index >= 15 is 0 Å². The first-order chi connectivity index (χ1) is 14.4. The van der Waals surface area contributed by atoms with Gasteiger partial charge < -0.3 is 16.4 Å². The van der Waals surface area contributed by atoms with Crippen molar-refractivity contribution in [1.29, 1.82) is 0 Å². The lowest BCUT2D eigenvalue weighted by molar-refractivity contribution is -0.122. The lowest BCUT2D eigenvalue weighted by atomic mass is 10.0.